The van der Waals surface area contributed by atoms with E-state index in [2.05, 4.69) is 11.4 Å². The lowest BCUT2D eigenvalue weighted by molar-refractivity contribution is -0.121. The Morgan fingerprint density at radius 1 is 1.30 bits per heavy atom. The number of carbonyl (C=O) groups excluding carboxylic acids is 1. The van der Waals surface area contributed by atoms with Crippen LogP contribution in [0.25, 0.3) is 0 Å². The van der Waals surface area contributed by atoms with Crippen molar-refractivity contribution in [2.45, 2.75) is 31.7 Å². The summed E-state index contributed by atoms with van der Waals surface area (Å²) in [6.07, 6.45) is 3.82. The summed E-state index contributed by atoms with van der Waals surface area (Å²) in [5.41, 5.74) is 7.93. The van der Waals surface area contributed by atoms with Crippen LogP contribution >= 0.6 is 0 Å². The number of hydrogen-bond acceptors (Lipinski definition) is 3. The van der Waals surface area contributed by atoms with Gasteiger partial charge in [0.05, 0.1) is 18.4 Å². The van der Waals surface area contributed by atoms with E-state index in [9.17, 15) is 4.79 Å². The highest BCUT2D eigenvalue weighted by molar-refractivity contribution is 5.93. The molecule has 2 fully saturated rings. The lowest BCUT2D eigenvalue weighted by Crippen LogP contribution is -2.42. The fourth-order valence-electron chi connectivity index (χ4n) is 3.75. The van der Waals surface area contributed by atoms with Gasteiger partial charge in [-0.2, -0.15) is 5.26 Å². The number of fused-ring (bicyclic) bond motifs is 2. The quantitative estimate of drug-likeness (QED) is 0.881. The van der Waals surface area contributed by atoms with E-state index in [0.29, 0.717) is 18.3 Å². The van der Waals surface area contributed by atoms with Gasteiger partial charge >= 0.3 is 0 Å². The van der Waals surface area contributed by atoms with Gasteiger partial charge in [-0.15, -0.1) is 0 Å². The minimum Gasteiger partial charge on any atom is -0.327 e. The molecule has 4 heteroatoms. The van der Waals surface area contributed by atoms with Crippen LogP contribution in [0.1, 0.15) is 24.8 Å². The Morgan fingerprint density at radius 3 is 2.60 bits per heavy atom. The SMILES string of the molecule is N#CCc1ccc(NC(=O)C2C3CCC(C3)C2N)cc1. The highest BCUT2D eigenvalue weighted by Crippen LogP contribution is 2.47. The molecule has 0 saturated heterocycles. The number of nitriles is 1. The zero-order chi connectivity index (χ0) is 14.1. The lowest BCUT2D eigenvalue weighted by Gasteiger charge is -2.27. The number of hydrogen-bond donors (Lipinski definition) is 2. The van der Waals surface area contributed by atoms with Gasteiger partial charge in [-0.05, 0) is 48.8 Å². The van der Waals surface area contributed by atoms with Gasteiger partial charge in [0, 0.05) is 11.7 Å². The van der Waals surface area contributed by atoms with E-state index in [1.807, 2.05) is 24.3 Å². The van der Waals surface area contributed by atoms with E-state index < -0.39 is 0 Å². The van der Waals surface area contributed by atoms with Crippen LogP contribution in [0.4, 0.5) is 5.69 Å². The van der Waals surface area contributed by atoms with Crippen molar-refractivity contribution < 1.29 is 4.79 Å². The largest absolute Gasteiger partial charge is 0.327 e. The van der Waals surface area contributed by atoms with Crippen LogP contribution < -0.4 is 11.1 Å². The maximum atomic E-state index is 12.4. The van der Waals surface area contributed by atoms with Crippen molar-refractivity contribution in [2.75, 3.05) is 5.32 Å². The second-order valence-electron chi connectivity index (χ2n) is 5.96. The molecular formula is C16H19N3O. The first-order valence-electron chi connectivity index (χ1n) is 7.21. The standard InChI is InChI=1S/C16H19N3O/c17-8-7-10-1-5-13(6-2-10)19-16(20)14-11-3-4-12(9-11)15(14)18/h1-2,5-6,11-12,14-15H,3-4,7,9,18H2,(H,19,20). The molecule has 4 atom stereocenters. The fourth-order valence-corrected chi connectivity index (χ4v) is 3.75. The zero-order valence-electron chi connectivity index (χ0n) is 11.4. The van der Waals surface area contributed by atoms with Gasteiger partial charge in [-0.3, -0.25) is 4.79 Å². The van der Waals surface area contributed by atoms with Crippen molar-refractivity contribution in [3.63, 3.8) is 0 Å². The van der Waals surface area contributed by atoms with Gasteiger partial charge in [-0.25, -0.2) is 0 Å². The predicted molar refractivity (Wildman–Crippen MR) is 76.7 cm³/mol. The van der Waals surface area contributed by atoms with Gasteiger partial charge in [0.1, 0.15) is 0 Å². The van der Waals surface area contributed by atoms with Gasteiger partial charge in [-0.1, -0.05) is 12.1 Å². The Hall–Kier alpha value is -1.86. The molecule has 1 aromatic rings. The van der Waals surface area contributed by atoms with E-state index in [1.165, 1.54) is 6.42 Å². The highest BCUT2D eigenvalue weighted by atomic mass is 16.2. The molecule has 4 unspecified atom stereocenters. The molecule has 2 bridgehead atoms. The Kier molecular flexibility index (Phi) is 3.45. The van der Waals surface area contributed by atoms with Crippen molar-refractivity contribution >= 4 is 11.6 Å². The summed E-state index contributed by atoms with van der Waals surface area (Å²) >= 11 is 0. The number of carbonyl (C=O) groups is 1. The molecule has 3 N–H and O–H groups in total. The molecule has 104 valence electrons. The van der Waals surface area contributed by atoms with Crippen molar-refractivity contribution in [3.8, 4) is 6.07 Å². The Morgan fingerprint density at radius 2 is 2.00 bits per heavy atom. The van der Waals surface area contributed by atoms with Crippen LogP contribution in [0.15, 0.2) is 24.3 Å². The van der Waals surface area contributed by atoms with E-state index in [-0.39, 0.29) is 17.9 Å². The molecule has 0 heterocycles. The normalized spacial score (nSPS) is 31.0. The van der Waals surface area contributed by atoms with E-state index in [0.717, 1.165) is 24.1 Å². The fraction of sp³-hybridized carbons (Fsp3) is 0.500. The summed E-state index contributed by atoms with van der Waals surface area (Å²) in [7, 11) is 0. The number of nitrogens with zero attached hydrogens (tertiary/aromatic N) is 1. The molecule has 0 radical (unpaired) electrons. The maximum absolute atomic E-state index is 12.4. The number of benzene rings is 1. The third-order valence-electron chi connectivity index (χ3n) is 4.79. The molecule has 0 spiro atoms. The minimum absolute atomic E-state index is 0.0200. The van der Waals surface area contributed by atoms with Crippen LogP contribution in [0.3, 0.4) is 0 Å². The molecule has 3 rings (SSSR count). The molecule has 0 aliphatic heterocycles. The molecule has 2 aliphatic rings. The first-order chi connectivity index (χ1) is 9.69. The Bertz CT molecular complexity index is 544. The van der Waals surface area contributed by atoms with Crippen LogP contribution in [-0.2, 0) is 11.2 Å². The highest BCUT2D eigenvalue weighted by Gasteiger charge is 2.49. The summed E-state index contributed by atoms with van der Waals surface area (Å²) in [5.74, 6) is 1.02. The molecule has 0 aromatic heterocycles. The van der Waals surface area contributed by atoms with Crippen LogP contribution in [0.5, 0.6) is 0 Å². The predicted octanol–water partition coefficient (Wildman–Crippen LogP) is 2.06. The molecule has 2 saturated carbocycles. The Labute approximate surface area is 119 Å². The van der Waals surface area contributed by atoms with Crippen molar-refractivity contribution in [1.82, 2.24) is 0 Å². The lowest BCUT2D eigenvalue weighted by atomic mass is 9.84. The van der Waals surface area contributed by atoms with E-state index in [1.54, 1.807) is 0 Å². The number of anilines is 1. The zero-order valence-corrected chi connectivity index (χ0v) is 11.4. The molecule has 2 aliphatic carbocycles. The molecule has 4 nitrogen and oxygen atoms in total. The number of amides is 1. The van der Waals surface area contributed by atoms with Crippen LogP contribution in [0.2, 0.25) is 0 Å². The van der Waals surface area contributed by atoms with Crippen molar-refractivity contribution in [1.29, 1.82) is 5.26 Å². The first-order valence-corrected chi connectivity index (χ1v) is 7.21. The monoisotopic (exact) mass is 269 g/mol. The smallest absolute Gasteiger partial charge is 0.229 e. The summed E-state index contributed by atoms with van der Waals surface area (Å²) in [6.45, 7) is 0. The van der Waals surface area contributed by atoms with Crippen molar-refractivity contribution in [3.05, 3.63) is 29.8 Å². The van der Waals surface area contributed by atoms with Gasteiger partial charge in [0.15, 0.2) is 0 Å². The summed E-state index contributed by atoms with van der Waals surface area (Å²) in [5, 5.41) is 11.6. The molecule has 20 heavy (non-hydrogen) atoms. The van der Waals surface area contributed by atoms with Gasteiger partial charge in [0.2, 0.25) is 5.91 Å². The van der Waals surface area contributed by atoms with E-state index >= 15 is 0 Å². The second-order valence-corrected chi connectivity index (χ2v) is 5.96. The average Bonchev–Trinajstić information content (AvgIpc) is 3.02. The Balaban J connectivity index is 1.66. The molecule has 1 aromatic carbocycles. The van der Waals surface area contributed by atoms with Crippen LogP contribution in [0, 0.1) is 29.1 Å². The molecular weight excluding hydrogens is 250 g/mol. The number of rotatable bonds is 3. The van der Waals surface area contributed by atoms with Crippen molar-refractivity contribution in [2.24, 2.45) is 23.5 Å². The van der Waals surface area contributed by atoms with Crippen LogP contribution in [-0.4, -0.2) is 11.9 Å². The summed E-state index contributed by atoms with van der Waals surface area (Å²) in [4.78, 5) is 12.4. The third kappa shape index (κ3) is 2.30. The third-order valence-corrected chi connectivity index (χ3v) is 4.79. The first kappa shape index (κ1) is 13.1. The van der Waals surface area contributed by atoms with Gasteiger partial charge in [0.25, 0.3) is 0 Å². The topological polar surface area (TPSA) is 78.9 Å². The second kappa shape index (κ2) is 5.26. The number of nitrogens with one attached hydrogen (secondary N) is 1. The number of nitrogens with two attached hydrogens (primary N) is 1. The summed E-state index contributed by atoms with van der Waals surface area (Å²) in [6, 6.07) is 9.58. The molecule has 1 amide bonds. The van der Waals surface area contributed by atoms with Gasteiger partial charge < -0.3 is 11.1 Å². The minimum atomic E-state index is -0.0347. The average molecular weight is 269 g/mol. The summed E-state index contributed by atoms with van der Waals surface area (Å²) < 4.78 is 0. The van der Waals surface area contributed by atoms with E-state index in [4.69, 9.17) is 11.0 Å². The maximum Gasteiger partial charge on any atom is 0.229 e.